The Balaban J connectivity index is 2.90. The summed E-state index contributed by atoms with van der Waals surface area (Å²) in [5, 5.41) is 11.8. The fraction of sp³-hybridized carbons (Fsp3) is 0.429. The lowest BCUT2D eigenvalue weighted by Crippen LogP contribution is -2.32. The predicted octanol–water partition coefficient (Wildman–Crippen LogP) is 3.45. The largest absolute Gasteiger partial charge is 0.452 e. The van der Waals surface area contributed by atoms with Gasteiger partial charge in [-0.15, -0.1) is 0 Å². The van der Waals surface area contributed by atoms with Gasteiger partial charge in [-0.3, -0.25) is 0 Å². The van der Waals surface area contributed by atoms with Gasteiger partial charge < -0.3 is 15.3 Å². The van der Waals surface area contributed by atoms with Gasteiger partial charge in [-0.2, -0.15) is 9.87 Å². The molecule has 19 heavy (non-hydrogen) atoms. The van der Waals surface area contributed by atoms with Crippen LogP contribution in [0, 0.1) is 0 Å². The van der Waals surface area contributed by atoms with Crippen LogP contribution in [-0.2, 0) is 0 Å². The van der Waals surface area contributed by atoms with Gasteiger partial charge in [-0.25, -0.2) is 0 Å². The van der Waals surface area contributed by atoms with Gasteiger partial charge in [0.25, 0.3) is 5.85 Å². The Morgan fingerprint density at radius 3 is 2.79 bits per heavy atom. The maximum absolute atomic E-state index is 14.4. The fourth-order valence-electron chi connectivity index (χ4n) is 1.66. The molecule has 0 aliphatic heterocycles. The maximum atomic E-state index is 14.4. The van der Waals surface area contributed by atoms with Crippen LogP contribution in [0.3, 0.4) is 0 Å². The van der Waals surface area contributed by atoms with Crippen molar-refractivity contribution in [2.24, 2.45) is 0 Å². The van der Waals surface area contributed by atoms with Crippen molar-refractivity contribution in [2.45, 2.75) is 38.7 Å². The number of anilines is 1. The van der Waals surface area contributed by atoms with Crippen LogP contribution >= 0.6 is 0 Å². The van der Waals surface area contributed by atoms with E-state index in [1.165, 1.54) is 6.08 Å². The summed E-state index contributed by atoms with van der Waals surface area (Å²) in [6.07, 6.45) is 1.67. The first-order chi connectivity index (χ1) is 9.04. The normalized spacial score (nSPS) is 15.4. The second kappa shape index (κ2) is 7.11. The van der Waals surface area contributed by atoms with Gasteiger partial charge in [0.2, 0.25) is 0 Å². The molecule has 0 aromatic heterocycles. The molecule has 0 fully saturated rings. The highest BCUT2D eigenvalue weighted by molar-refractivity contribution is 5.56. The van der Waals surface area contributed by atoms with Crippen LogP contribution in [0.25, 0.3) is 0 Å². The first-order valence-electron chi connectivity index (χ1n) is 6.31. The van der Waals surface area contributed by atoms with E-state index in [1.807, 2.05) is 6.92 Å². The molecule has 0 aliphatic carbocycles. The van der Waals surface area contributed by atoms with Crippen molar-refractivity contribution in [2.75, 3.05) is 5.32 Å². The fourth-order valence-corrected chi connectivity index (χ4v) is 1.66. The summed E-state index contributed by atoms with van der Waals surface area (Å²) >= 11 is 0. The van der Waals surface area contributed by atoms with Crippen LogP contribution in [0.1, 0.15) is 26.7 Å². The number of nitrogens with one attached hydrogen (secondary N) is 2. The van der Waals surface area contributed by atoms with Crippen LogP contribution in [0.5, 0.6) is 5.75 Å². The molecule has 0 saturated heterocycles. The average molecular weight is 268 g/mol. The summed E-state index contributed by atoms with van der Waals surface area (Å²) in [5.41, 5.74) is 2.66. The van der Waals surface area contributed by atoms with Crippen molar-refractivity contribution >= 4 is 5.69 Å². The van der Waals surface area contributed by atoms with Gasteiger partial charge in [0.1, 0.15) is 5.75 Å². The number of hydrogen-bond acceptors (Lipinski definition) is 4. The van der Waals surface area contributed by atoms with Crippen LogP contribution in [-0.4, -0.2) is 17.2 Å². The Hall–Kier alpha value is -1.59. The Kier molecular flexibility index (Phi) is 5.79. The minimum atomic E-state index is -1.89. The van der Waals surface area contributed by atoms with Crippen molar-refractivity contribution < 1.29 is 14.3 Å². The second-order valence-electron chi connectivity index (χ2n) is 4.33. The summed E-state index contributed by atoms with van der Waals surface area (Å²) < 4.78 is 19.8. The molecule has 1 rings (SSSR count). The molecule has 0 spiro atoms. The molecule has 3 N–H and O–H groups in total. The summed E-state index contributed by atoms with van der Waals surface area (Å²) in [5.74, 6) is -1.51. The lowest BCUT2D eigenvalue weighted by atomic mass is 10.1. The minimum Gasteiger partial charge on any atom is -0.452 e. The molecule has 0 bridgehead atoms. The highest BCUT2D eigenvalue weighted by Crippen LogP contribution is 2.31. The minimum absolute atomic E-state index is 0.235. The Bertz CT molecular complexity index is 414. The van der Waals surface area contributed by atoms with Crippen LogP contribution in [0.15, 0.2) is 36.9 Å². The van der Waals surface area contributed by atoms with Crippen molar-refractivity contribution in [3.8, 4) is 5.75 Å². The van der Waals surface area contributed by atoms with Crippen molar-refractivity contribution in [1.82, 2.24) is 5.48 Å². The molecule has 2 atom stereocenters. The molecule has 0 radical (unpaired) electrons. The van der Waals surface area contributed by atoms with E-state index < -0.39 is 5.85 Å². The molecule has 5 heteroatoms. The smallest absolute Gasteiger partial charge is 0.267 e. The maximum Gasteiger partial charge on any atom is 0.267 e. The van der Waals surface area contributed by atoms with E-state index in [4.69, 9.17) is 9.94 Å². The van der Waals surface area contributed by atoms with E-state index in [0.29, 0.717) is 17.9 Å². The highest BCUT2D eigenvalue weighted by atomic mass is 19.2. The number of ether oxygens (including phenoxy) is 1. The first-order valence-corrected chi connectivity index (χ1v) is 6.31. The number of para-hydroxylation sites is 2. The number of rotatable bonds is 8. The zero-order chi connectivity index (χ0) is 14.3. The van der Waals surface area contributed by atoms with Gasteiger partial charge in [0.15, 0.2) is 0 Å². The van der Waals surface area contributed by atoms with Crippen molar-refractivity contribution in [1.29, 1.82) is 0 Å². The molecule has 1 aromatic rings. The molecule has 106 valence electrons. The summed E-state index contributed by atoms with van der Waals surface area (Å²) in [6, 6.07) is 6.97. The van der Waals surface area contributed by atoms with E-state index in [2.05, 4.69) is 17.4 Å². The zero-order valence-electron chi connectivity index (χ0n) is 11.3. The lowest BCUT2D eigenvalue weighted by molar-refractivity contribution is -0.0221. The van der Waals surface area contributed by atoms with E-state index >= 15 is 0 Å². The SMILES string of the molecule is C=CC(F)(CCC)Oc1ccccc1NC(C)NO. The highest BCUT2D eigenvalue weighted by Gasteiger charge is 2.27. The second-order valence-corrected chi connectivity index (χ2v) is 4.33. The number of hydrogen-bond donors (Lipinski definition) is 3. The number of benzene rings is 1. The molecule has 0 saturated carbocycles. The third-order valence-electron chi connectivity index (χ3n) is 2.63. The van der Waals surface area contributed by atoms with Crippen LogP contribution in [0.2, 0.25) is 0 Å². The molecule has 0 aliphatic rings. The summed E-state index contributed by atoms with van der Waals surface area (Å²) in [6.45, 7) is 7.08. The third-order valence-corrected chi connectivity index (χ3v) is 2.63. The number of halogens is 1. The van der Waals surface area contributed by atoms with E-state index in [-0.39, 0.29) is 12.6 Å². The number of hydroxylamine groups is 1. The molecule has 2 unspecified atom stereocenters. The Morgan fingerprint density at radius 2 is 2.21 bits per heavy atom. The summed E-state index contributed by atoms with van der Waals surface area (Å²) in [7, 11) is 0. The van der Waals surface area contributed by atoms with E-state index in [1.54, 1.807) is 31.2 Å². The average Bonchev–Trinajstić information content (AvgIpc) is 2.41. The lowest BCUT2D eigenvalue weighted by Gasteiger charge is -2.25. The standard InChI is InChI=1S/C14H21FN2O2/c1-4-10-14(15,5-2)19-13-9-7-6-8-12(13)16-11(3)17-18/h5-9,11,16-18H,2,4,10H2,1,3H3. The van der Waals surface area contributed by atoms with Crippen molar-refractivity contribution in [3.63, 3.8) is 0 Å². The van der Waals surface area contributed by atoms with Crippen molar-refractivity contribution in [3.05, 3.63) is 36.9 Å². The first kappa shape index (κ1) is 15.5. The predicted molar refractivity (Wildman–Crippen MR) is 74.0 cm³/mol. The molecule has 4 nitrogen and oxygen atoms in total. The van der Waals surface area contributed by atoms with Gasteiger partial charge >= 0.3 is 0 Å². The Morgan fingerprint density at radius 1 is 1.53 bits per heavy atom. The van der Waals surface area contributed by atoms with Crippen LogP contribution in [0.4, 0.5) is 10.1 Å². The summed E-state index contributed by atoms with van der Waals surface area (Å²) in [4.78, 5) is 0. The zero-order valence-corrected chi connectivity index (χ0v) is 11.3. The van der Waals surface area contributed by atoms with Gasteiger partial charge in [0.05, 0.1) is 11.9 Å². The Labute approximate surface area is 113 Å². The molecule has 0 heterocycles. The molecule has 0 amide bonds. The van der Waals surface area contributed by atoms with E-state index in [0.717, 1.165) is 0 Å². The molecular formula is C14H21FN2O2. The molecule has 1 aromatic carbocycles. The monoisotopic (exact) mass is 268 g/mol. The van der Waals surface area contributed by atoms with Gasteiger partial charge in [-0.05, 0) is 31.6 Å². The van der Waals surface area contributed by atoms with Crippen LogP contribution < -0.4 is 15.5 Å². The van der Waals surface area contributed by atoms with Gasteiger partial charge in [0, 0.05) is 6.42 Å². The number of alkyl halides is 1. The topological polar surface area (TPSA) is 53.5 Å². The van der Waals surface area contributed by atoms with E-state index in [9.17, 15) is 4.39 Å². The quantitative estimate of drug-likeness (QED) is 0.384. The molecular weight excluding hydrogens is 247 g/mol. The third kappa shape index (κ3) is 4.54. The van der Waals surface area contributed by atoms with Gasteiger partial charge in [-0.1, -0.05) is 25.6 Å².